The summed E-state index contributed by atoms with van der Waals surface area (Å²) in [7, 11) is -3.38. The molecular formula is C12H18N2O3S2. The number of aryl methyl sites for hydroxylation is 1. The second kappa shape index (κ2) is 5.60. The van der Waals surface area contributed by atoms with E-state index in [1.807, 2.05) is 19.9 Å². The zero-order chi connectivity index (χ0) is 14.0. The molecule has 0 saturated carbocycles. The van der Waals surface area contributed by atoms with Crippen LogP contribution in [0.2, 0.25) is 0 Å². The summed E-state index contributed by atoms with van der Waals surface area (Å²) in [6.07, 6.45) is 0.469. The van der Waals surface area contributed by atoms with E-state index in [1.165, 1.54) is 15.6 Å². The second-order valence-electron chi connectivity index (χ2n) is 4.50. The van der Waals surface area contributed by atoms with E-state index >= 15 is 0 Å². The minimum atomic E-state index is -3.38. The molecule has 2 heterocycles. The molecule has 0 aromatic carbocycles. The number of hydrogen-bond donors (Lipinski definition) is 0. The minimum Gasteiger partial charge on any atom is -0.340 e. The Balaban J connectivity index is 2.07. The Morgan fingerprint density at radius 1 is 1.26 bits per heavy atom. The Morgan fingerprint density at radius 3 is 2.37 bits per heavy atom. The summed E-state index contributed by atoms with van der Waals surface area (Å²) in [5, 5.41) is 0. The number of piperazine rings is 1. The summed E-state index contributed by atoms with van der Waals surface area (Å²) in [5.41, 5.74) is 0. The average Bonchev–Trinajstić information content (AvgIpc) is 2.85. The third-order valence-corrected chi connectivity index (χ3v) is 6.57. The van der Waals surface area contributed by atoms with E-state index in [-0.39, 0.29) is 5.91 Å². The van der Waals surface area contributed by atoms with Crippen LogP contribution >= 0.6 is 11.3 Å². The first-order valence-electron chi connectivity index (χ1n) is 6.29. The van der Waals surface area contributed by atoms with Crippen LogP contribution in [0.5, 0.6) is 0 Å². The molecule has 5 nitrogen and oxygen atoms in total. The topological polar surface area (TPSA) is 57.7 Å². The number of hydrogen-bond acceptors (Lipinski definition) is 4. The van der Waals surface area contributed by atoms with Gasteiger partial charge in [-0.05, 0) is 19.1 Å². The van der Waals surface area contributed by atoms with E-state index in [2.05, 4.69) is 0 Å². The van der Waals surface area contributed by atoms with Crippen LogP contribution in [0.4, 0.5) is 0 Å². The standard InChI is InChI=1S/C12H18N2O3S2/c1-3-11(15)13-6-8-14(9-7-13)19(16,17)12-5-4-10(2)18-12/h4-5H,3,6-9H2,1-2H3. The van der Waals surface area contributed by atoms with E-state index in [0.717, 1.165) is 4.88 Å². The molecule has 7 heteroatoms. The number of thiophene rings is 1. The van der Waals surface area contributed by atoms with Crippen LogP contribution in [0.25, 0.3) is 0 Å². The average molecular weight is 302 g/mol. The van der Waals surface area contributed by atoms with Gasteiger partial charge in [0.1, 0.15) is 4.21 Å². The summed E-state index contributed by atoms with van der Waals surface area (Å²) in [5.74, 6) is 0.0871. The molecule has 0 bridgehead atoms. The van der Waals surface area contributed by atoms with Crippen molar-refractivity contribution in [2.45, 2.75) is 24.5 Å². The van der Waals surface area contributed by atoms with Crippen LogP contribution < -0.4 is 0 Å². The van der Waals surface area contributed by atoms with Crippen molar-refractivity contribution in [2.24, 2.45) is 0 Å². The van der Waals surface area contributed by atoms with Gasteiger partial charge in [0.2, 0.25) is 5.91 Å². The van der Waals surface area contributed by atoms with Gasteiger partial charge in [0.25, 0.3) is 10.0 Å². The molecule has 0 atom stereocenters. The third-order valence-electron chi connectivity index (χ3n) is 3.20. The summed E-state index contributed by atoms with van der Waals surface area (Å²) < 4.78 is 26.6. The van der Waals surface area contributed by atoms with Crippen LogP contribution in [0.1, 0.15) is 18.2 Å². The zero-order valence-electron chi connectivity index (χ0n) is 11.1. The number of amides is 1. The van der Waals surface area contributed by atoms with Crippen LogP contribution in [-0.4, -0.2) is 49.7 Å². The van der Waals surface area contributed by atoms with E-state index in [9.17, 15) is 13.2 Å². The fourth-order valence-electron chi connectivity index (χ4n) is 2.08. The van der Waals surface area contributed by atoms with E-state index in [1.54, 1.807) is 11.0 Å². The monoisotopic (exact) mass is 302 g/mol. The lowest BCUT2D eigenvalue weighted by Crippen LogP contribution is -2.50. The summed E-state index contributed by atoms with van der Waals surface area (Å²) >= 11 is 1.29. The molecule has 1 aliphatic heterocycles. The maximum Gasteiger partial charge on any atom is 0.252 e. The SMILES string of the molecule is CCC(=O)N1CCN(S(=O)(=O)c2ccc(C)s2)CC1. The smallest absolute Gasteiger partial charge is 0.252 e. The fraction of sp³-hybridized carbons (Fsp3) is 0.583. The van der Waals surface area contributed by atoms with Gasteiger partial charge in [0, 0.05) is 37.5 Å². The Kier molecular flexibility index (Phi) is 4.27. The summed E-state index contributed by atoms with van der Waals surface area (Å²) in [6.45, 7) is 5.43. The number of rotatable bonds is 3. The Hall–Kier alpha value is -0.920. The quantitative estimate of drug-likeness (QED) is 0.845. The first kappa shape index (κ1) is 14.5. The maximum atomic E-state index is 12.4. The molecule has 1 aliphatic rings. The minimum absolute atomic E-state index is 0.0871. The van der Waals surface area contributed by atoms with Gasteiger partial charge in [0.05, 0.1) is 0 Å². The summed E-state index contributed by atoms with van der Waals surface area (Å²) in [6, 6.07) is 3.47. The lowest BCUT2D eigenvalue weighted by molar-refractivity contribution is -0.132. The molecule has 1 aromatic rings. The number of carbonyl (C=O) groups is 1. The van der Waals surface area contributed by atoms with Crippen LogP contribution in [0.3, 0.4) is 0 Å². The molecule has 0 spiro atoms. The van der Waals surface area contributed by atoms with Gasteiger partial charge in [0.15, 0.2) is 0 Å². The molecule has 19 heavy (non-hydrogen) atoms. The normalized spacial score (nSPS) is 17.7. The number of nitrogens with zero attached hydrogens (tertiary/aromatic N) is 2. The molecule has 1 aromatic heterocycles. The molecule has 0 radical (unpaired) electrons. The van der Waals surface area contributed by atoms with Gasteiger partial charge in [-0.3, -0.25) is 4.79 Å². The molecule has 1 fully saturated rings. The highest BCUT2D eigenvalue weighted by molar-refractivity contribution is 7.91. The molecule has 2 rings (SSSR count). The highest BCUT2D eigenvalue weighted by atomic mass is 32.2. The predicted octanol–water partition coefficient (Wildman–Crippen LogP) is 1.30. The van der Waals surface area contributed by atoms with Crippen molar-refractivity contribution >= 4 is 27.3 Å². The highest BCUT2D eigenvalue weighted by Crippen LogP contribution is 2.25. The fourth-order valence-corrected chi connectivity index (χ4v) is 4.94. The number of sulfonamides is 1. The molecule has 1 amide bonds. The van der Waals surface area contributed by atoms with Crippen molar-refractivity contribution in [1.29, 1.82) is 0 Å². The second-order valence-corrected chi connectivity index (χ2v) is 7.96. The molecular weight excluding hydrogens is 284 g/mol. The van der Waals surface area contributed by atoms with Crippen molar-refractivity contribution < 1.29 is 13.2 Å². The lowest BCUT2D eigenvalue weighted by atomic mass is 10.3. The van der Waals surface area contributed by atoms with E-state index < -0.39 is 10.0 Å². The summed E-state index contributed by atoms with van der Waals surface area (Å²) in [4.78, 5) is 14.3. The van der Waals surface area contributed by atoms with Crippen molar-refractivity contribution in [3.05, 3.63) is 17.0 Å². The van der Waals surface area contributed by atoms with Crippen molar-refractivity contribution in [1.82, 2.24) is 9.21 Å². The highest BCUT2D eigenvalue weighted by Gasteiger charge is 2.30. The van der Waals surface area contributed by atoms with Gasteiger partial charge in [-0.1, -0.05) is 6.92 Å². The third kappa shape index (κ3) is 2.98. The van der Waals surface area contributed by atoms with Crippen molar-refractivity contribution in [3.8, 4) is 0 Å². The van der Waals surface area contributed by atoms with Crippen LogP contribution in [0.15, 0.2) is 16.3 Å². The first-order valence-corrected chi connectivity index (χ1v) is 8.55. The van der Waals surface area contributed by atoms with Gasteiger partial charge in [-0.25, -0.2) is 8.42 Å². The molecule has 0 unspecified atom stereocenters. The Labute approximate surface area is 117 Å². The Morgan fingerprint density at radius 2 is 1.89 bits per heavy atom. The van der Waals surface area contributed by atoms with E-state index in [0.29, 0.717) is 36.8 Å². The zero-order valence-corrected chi connectivity index (χ0v) is 12.8. The largest absolute Gasteiger partial charge is 0.340 e. The van der Waals surface area contributed by atoms with Gasteiger partial charge in [-0.15, -0.1) is 11.3 Å². The van der Waals surface area contributed by atoms with Crippen molar-refractivity contribution in [3.63, 3.8) is 0 Å². The van der Waals surface area contributed by atoms with Gasteiger partial charge < -0.3 is 4.90 Å². The predicted molar refractivity (Wildman–Crippen MR) is 74.7 cm³/mol. The van der Waals surface area contributed by atoms with Gasteiger partial charge in [-0.2, -0.15) is 4.31 Å². The molecule has 0 N–H and O–H groups in total. The van der Waals surface area contributed by atoms with Crippen LogP contribution in [0, 0.1) is 6.92 Å². The van der Waals surface area contributed by atoms with Crippen molar-refractivity contribution in [2.75, 3.05) is 26.2 Å². The molecule has 1 saturated heterocycles. The first-order chi connectivity index (χ1) is 8.95. The molecule has 0 aliphatic carbocycles. The van der Waals surface area contributed by atoms with Gasteiger partial charge >= 0.3 is 0 Å². The van der Waals surface area contributed by atoms with Crippen LogP contribution in [-0.2, 0) is 14.8 Å². The molecule has 106 valence electrons. The maximum absolute atomic E-state index is 12.4. The Bertz CT molecular complexity index is 557. The lowest BCUT2D eigenvalue weighted by Gasteiger charge is -2.33. The number of carbonyl (C=O) groups excluding carboxylic acids is 1. The van der Waals surface area contributed by atoms with E-state index in [4.69, 9.17) is 0 Å².